The van der Waals surface area contributed by atoms with Gasteiger partial charge in [-0.2, -0.15) is 0 Å². The molecule has 2 aromatic rings. The van der Waals surface area contributed by atoms with E-state index in [-0.39, 0.29) is 6.42 Å². The van der Waals surface area contributed by atoms with Crippen molar-refractivity contribution in [1.82, 2.24) is 0 Å². The van der Waals surface area contributed by atoms with E-state index in [0.29, 0.717) is 5.69 Å². The Morgan fingerprint density at radius 3 is 2.20 bits per heavy atom. The SMILES string of the molecule is C=C(C[C@H](O)C(=O)Nc1ccccc1)c1ccccc1. The Balaban J connectivity index is 1.93. The molecule has 3 nitrogen and oxygen atoms in total. The molecule has 2 rings (SSSR count). The Morgan fingerprint density at radius 1 is 1.05 bits per heavy atom. The largest absolute Gasteiger partial charge is 0.383 e. The Labute approximate surface area is 118 Å². The fourth-order valence-electron chi connectivity index (χ4n) is 1.86. The van der Waals surface area contributed by atoms with Crippen LogP contribution in [0.25, 0.3) is 5.57 Å². The summed E-state index contributed by atoms with van der Waals surface area (Å²) in [5.41, 5.74) is 2.34. The maximum absolute atomic E-state index is 11.9. The van der Waals surface area contributed by atoms with E-state index in [0.717, 1.165) is 11.1 Å². The molecule has 2 N–H and O–H groups in total. The average molecular weight is 267 g/mol. The topological polar surface area (TPSA) is 49.3 Å². The number of nitrogens with one attached hydrogen (secondary N) is 1. The highest BCUT2D eigenvalue weighted by atomic mass is 16.3. The van der Waals surface area contributed by atoms with Gasteiger partial charge in [0.05, 0.1) is 0 Å². The lowest BCUT2D eigenvalue weighted by Crippen LogP contribution is -2.27. The summed E-state index contributed by atoms with van der Waals surface area (Å²) in [7, 11) is 0. The van der Waals surface area contributed by atoms with E-state index in [4.69, 9.17) is 0 Å². The third-order valence-corrected chi connectivity index (χ3v) is 2.97. The molecular weight excluding hydrogens is 250 g/mol. The first-order valence-electron chi connectivity index (χ1n) is 6.44. The number of benzene rings is 2. The number of hydrogen-bond acceptors (Lipinski definition) is 2. The van der Waals surface area contributed by atoms with Crippen molar-refractivity contribution >= 4 is 17.2 Å². The number of hydrogen-bond donors (Lipinski definition) is 2. The van der Waals surface area contributed by atoms with Crippen LogP contribution in [0.2, 0.25) is 0 Å². The van der Waals surface area contributed by atoms with Crippen molar-refractivity contribution in [2.24, 2.45) is 0 Å². The molecular formula is C17H17NO2. The molecule has 0 aliphatic carbocycles. The molecule has 0 heterocycles. The van der Waals surface area contributed by atoms with Gasteiger partial charge in [-0.1, -0.05) is 55.1 Å². The Morgan fingerprint density at radius 2 is 1.60 bits per heavy atom. The third-order valence-electron chi connectivity index (χ3n) is 2.97. The quantitative estimate of drug-likeness (QED) is 0.874. The molecule has 0 fully saturated rings. The van der Waals surface area contributed by atoms with Crippen LogP contribution in [0.3, 0.4) is 0 Å². The predicted octanol–water partition coefficient (Wildman–Crippen LogP) is 3.09. The molecule has 0 bridgehead atoms. The maximum Gasteiger partial charge on any atom is 0.253 e. The van der Waals surface area contributed by atoms with E-state index in [2.05, 4.69) is 11.9 Å². The van der Waals surface area contributed by atoms with Crippen LogP contribution in [0.4, 0.5) is 5.69 Å². The van der Waals surface area contributed by atoms with E-state index in [1.807, 2.05) is 48.5 Å². The van der Waals surface area contributed by atoms with Gasteiger partial charge in [0.1, 0.15) is 6.10 Å². The highest BCUT2D eigenvalue weighted by Gasteiger charge is 2.16. The molecule has 0 radical (unpaired) electrons. The second kappa shape index (κ2) is 6.68. The van der Waals surface area contributed by atoms with E-state index in [1.54, 1.807) is 12.1 Å². The van der Waals surface area contributed by atoms with Crippen LogP contribution in [0.5, 0.6) is 0 Å². The molecule has 0 aliphatic rings. The number of para-hydroxylation sites is 1. The van der Waals surface area contributed by atoms with Crippen LogP contribution in [0.15, 0.2) is 67.2 Å². The number of aliphatic hydroxyl groups is 1. The van der Waals surface area contributed by atoms with Crippen LogP contribution >= 0.6 is 0 Å². The Hall–Kier alpha value is -2.39. The van der Waals surface area contributed by atoms with E-state index < -0.39 is 12.0 Å². The van der Waals surface area contributed by atoms with Gasteiger partial charge in [-0.25, -0.2) is 0 Å². The summed E-state index contributed by atoms with van der Waals surface area (Å²) in [4.78, 5) is 11.9. The molecule has 2 aromatic carbocycles. The minimum atomic E-state index is -1.11. The van der Waals surface area contributed by atoms with Crippen LogP contribution in [0, 0.1) is 0 Å². The lowest BCUT2D eigenvalue weighted by Gasteiger charge is -2.13. The van der Waals surface area contributed by atoms with Gasteiger partial charge in [0, 0.05) is 12.1 Å². The van der Waals surface area contributed by atoms with Crippen molar-refractivity contribution in [2.45, 2.75) is 12.5 Å². The molecule has 3 heteroatoms. The van der Waals surface area contributed by atoms with Gasteiger partial charge in [0.25, 0.3) is 5.91 Å². The predicted molar refractivity (Wildman–Crippen MR) is 81.2 cm³/mol. The molecule has 0 saturated carbocycles. The van der Waals surface area contributed by atoms with Crippen molar-refractivity contribution in [3.63, 3.8) is 0 Å². The van der Waals surface area contributed by atoms with Gasteiger partial charge >= 0.3 is 0 Å². The first kappa shape index (κ1) is 14.0. The van der Waals surface area contributed by atoms with Crippen LogP contribution in [-0.4, -0.2) is 17.1 Å². The molecule has 0 aromatic heterocycles. The second-order valence-electron chi connectivity index (χ2n) is 4.54. The average Bonchev–Trinajstić information content (AvgIpc) is 2.49. The van der Waals surface area contributed by atoms with E-state index in [9.17, 15) is 9.90 Å². The monoisotopic (exact) mass is 267 g/mol. The van der Waals surface area contributed by atoms with Gasteiger partial charge in [0.2, 0.25) is 0 Å². The highest BCUT2D eigenvalue weighted by Crippen LogP contribution is 2.18. The van der Waals surface area contributed by atoms with Crippen molar-refractivity contribution < 1.29 is 9.90 Å². The summed E-state index contributed by atoms with van der Waals surface area (Å²) in [5, 5.41) is 12.6. The molecule has 1 atom stereocenters. The Bertz CT molecular complexity index is 578. The van der Waals surface area contributed by atoms with Crippen molar-refractivity contribution in [3.8, 4) is 0 Å². The zero-order valence-electron chi connectivity index (χ0n) is 11.1. The first-order valence-corrected chi connectivity index (χ1v) is 6.44. The summed E-state index contributed by atoms with van der Waals surface area (Å²) in [6, 6.07) is 18.6. The molecule has 0 spiro atoms. The zero-order chi connectivity index (χ0) is 14.4. The molecule has 0 unspecified atom stereocenters. The number of carbonyl (C=O) groups is 1. The number of carbonyl (C=O) groups excluding carboxylic acids is 1. The molecule has 20 heavy (non-hydrogen) atoms. The van der Waals surface area contributed by atoms with Gasteiger partial charge in [-0.15, -0.1) is 0 Å². The van der Waals surface area contributed by atoms with Crippen molar-refractivity contribution in [2.75, 3.05) is 5.32 Å². The van der Waals surface area contributed by atoms with E-state index in [1.165, 1.54) is 0 Å². The van der Waals surface area contributed by atoms with E-state index >= 15 is 0 Å². The zero-order valence-corrected chi connectivity index (χ0v) is 11.1. The van der Waals surface area contributed by atoms with Crippen LogP contribution in [-0.2, 0) is 4.79 Å². The molecule has 0 saturated heterocycles. The maximum atomic E-state index is 11.9. The molecule has 0 aliphatic heterocycles. The number of aliphatic hydroxyl groups excluding tert-OH is 1. The van der Waals surface area contributed by atoms with Crippen molar-refractivity contribution in [1.29, 1.82) is 0 Å². The lowest BCUT2D eigenvalue weighted by atomic mass is 10.0. The lowest BCUT2D eigenvalue weighted by molar-refractivity contribution is -0.123. The van der Waals surface area contributed by atoms with Gasteiger partial charge in [0.15, 0.2) is 0 Å². The standard InChI is InChI=1S/C17H17NO2/c1-13(14-8-4-2-5-9-14)12-16(19)17(20)18-15-10-6-3-7-11-15/h2-11,16,19H,1,12H2,(H,18,20)/t16-/m0/s1. The van der Waals surface area contributed by atoms with Crippen LogP contribution < -0.4 is 5.32 Å². The summed E-state index contributed by atoms with van der Waals surface area (Å²) < 4.78 is 0. The van der Waals surface area contributed by atoms with Gasteiger partial charge < -0.3 is 10.4 Å². The van der Waals surface area contributed by atoms with Gasteiger partial charge in [-0.3, -0.25) is 4.79 Å². The third kappa shape index (κ3) is 3.80. The summed E-state index contributed by atoms with van der Waals surface area (Å²) >= 11 is 0. The fraction of sp³-hybridized carbons (Fsp3) is 0.118. The first-order chi connectivity index (χ1) is 9.66. The number of rotatable bonds is 5. The minimum absolute atomic E-state index is 0.211. The number of amides is 1. The molecule has 1 amide bonds. The fourth-order valence-corrected chi connectivity index (χ4v) is 1.86. The minimum Gasteiger partial charge on any atom is -0.383 e. The molecule has 102 valence electrons. The Kier molecular flexibility index (Phi) is 4.69. The van der Waals surface area contributed by atoms with Crippen molar-refractivity contribution in [3.05, 3.63) is 72.8 Å². The summed E-state index contributed by atoms with van der Waals surface area (Å²) in [6.45, 7) is 3.91. The summed E-state index contributed by atoms with van der Waals surface area (Å²) in [6.07, 6.45) is -0.897. The smallest absolute Gasteiger partial charge is 0.253 e. The van der Waals surface area contributed by atoms with Crippen LogP contribution in [0.1, 0.15) is 12.0 Å². The summed E-state index contributed by atoms with van der Waals surface area (Å²) in [5.74, 6) is -0.423. The highest BCUT2D eigenvalue weighted by molar-refractivity contribution is 5.95. The normalized spacial score (nSPS) is 11.7. The number of anilines is 1. The second-order valence-corrected chi connectivity index (χ2v) is 4.54. The van der Waals surface area contributed by atoms with Gasteiger partial charge in [-0.05, 0) is 23.3 Å².